The van der Waals surface area contributed by atoms with Crippen LogP contribution in [-0.2, 0) is 19.1 Å². The molecule has 0 radical (unpaired) electrons. The van der Waals surface area contributed by atoms with E-state index in [4.69, 9.17) is 19.4 Å². The SMILES string of the molecule is COC(=O)N[C@H](C(=O)N1C[C@@H](C)C[C@H]1c1nc2sc(-c3ccc(-c4ccc(-c5cnc([C@H]6C[C@@H](C)CN6C(=O)[C@H](NC(=O)OC)C(C)C)[nH]5)cc4)cc3C)cc2[nH]1)C(C)C. The first-order chi connectivity index (χ1) is 28.6. The standard InChI is InChI=1S/C45H56N8O6S/c1-23(2)37(49-44(56)58-8)42(54)52-21-25(5)16-34(52)39-46-20-33(48-39)29-12-10-28(11-13-29)30-14-15-31(27(7)18-30)36-19-32-41(60-36)51-40(47-32)35-17-26(6)22-53(35)43(55)38(24(3)4)50-45(57)59-9/h10-15,18-20,23-26,34-35,37-38H,16-17,21-22H2,1-9H3,(H,46,48)(H,47,51)(H,49,56)(H,50,57)/t25-,26+,34-,35+,37-,38+/m1/s1. The highest BCUT2D eigenvalue weighted by molar-refractivity contribution is 7.21. The molecule has 4 N–H and O–H groups in total. The third kappa shape index (κ3) is 8.63. The summed E-state index contributed by atoms with van der Waals surface area (Å²) in [6.45, 7) is 15.2. The number of hydrogen-bond acceptors (Lipinski definition) is 9. The first kappa shape index (κ1) is 42.4. The number of H-pyrrole nitrogens is 2. The summed E-state index contributed by atoms with van der Waals surface area (Å²) in [7, 11) is 2.59. The van der Waals surface area contributed by atoms with Crippen molar-refractivity contribution in [3.8, 4) is 32.8 Å². The molecule has 6 atom stereocenters. The molecule has 2 aliphatic heterocycles. The number of fused-ring (bicyclic) bond motifs is 1. The number of alkyl carbamates (subject to hydrolysis) is 2. The van der Waals surface area contributed by atoms with Crippen LogP contribution >= 0.6 is 11.3 Å². The maximum Gasteiger partial charge on any atom is 0.407 e. The summed E-state index contributed by atoms with van der Waals surface area (Å²) in [6.07, 6.45) is 2.13. The highest BCUT2D eigenvalue weighted by Gasteiger charge is 2.41. The van der Waals surface area contributed by atoms with Crippen LogP contribution in [0.1, 0.15) is 83.7 Å². The number of thiophene rings is 1. The average molecular weight is 837 g/mol. The van der Waals surface area contributed by atoms with E-state index in [0.717, 1.165) is 73.2 Å². The molecule has 5 heterocycles. The number of methoxy groups -OCH3 is 2. The Balaban J connectivity index is 1.04. The highest BCUT2D eigenvalue weighted by atomic mass is 32.1. The number of likely N-dealkylation sites (tertiary alicyclic amines) is 2. The van der Waals surface area contributed by atoms with E-state index in [1.807, 2.05) is 43.7 Å². The normalized spacial score (nSPS) is 20.2. The first-order valence-corrected chi connectivity index (χ1v) is 21.5. The van der Waals surface area contributed by atoms with Gasteiger partial charge in [0.15, 0.2) is 0 Å². The second kappa shape index (κ2) is 17.5. The van der Waals surface area contributed by atoms with Crippen LogP contribution in [0.15, 0.2) is 54.7 Å². The van der Waals surface area contributed by atoms with Crippen LogP contribution in [0.4, 0.5) is 9.59 Å². The quantitative estimate of drug-likeness (QED) is 0.103. The van der Waals surface area contributed by atoms with E-state index in [9.17, 15) is 19.2 Å². The fourth-order valence-electron chi connectivity index (χ4n) is 8.59. The van der Waals surface area contributed by atoms with Crippen molar-refractivity contribution in [1.29, 1.82) is 0 Å². The molecule has 0 saturated carbocycles. The second-order valence-electron chi connectivity index (χ2n) is 17.2. The zero-order chi connectivity index (χ0) is 43.0. The molecule has 2 aliphatic rings. The van der Waals surface area contributed by atoms with E-state index in [1.165, 1.54) is 14.2 Å². The van der Waals surface area contributed by atoms with Gasteiger partial charge in [-0.1, -0.05) is 84.0 Å². The zero-order valence-corrected chi connectivity index (χ0v) is 36.6. The van der Waals surface area contributed by atoms with Crippen LogP contribution in [0, 0.1) is 30.6 Å². The van der Waals surface area contributed by atoms with Gasteiger partial charge in [-0.15, -0.1) is 11.3 Å². The van der Waals surface area contributed by atoms with E-state index in [-0.39, 0.29) is 47.6 Å². The van der Waals surface area contributed by atoms with Crippen LogP contribution in [-0.4, -0.2) is 93.1 Å². The maximum atomic E-state index is 13.7. The van der Waals surface area contributed by atoms with Gasteiger partial charge in [0, 0.05) is 18.0 Å². The molecule has 14 nitrogen and oxygen atoms in total. The molecule has 0 bridgehead atoms. The van der Waals surface area contributed by atoms with Crippen LogP contribution in [0.3, 0.4) is 0 Å². The Morgan fingerprint density at radius 3 is 1.80 bits per heavy atom. The molecule has 5 aromatic rings. The molecular weight excluding hydrogens is 781 g/mol. The molecule has 3 aromatic heterocycles. The number of nitrogens with zero attached hydrogens (tertiary/aromatic N) is 4. The van der Waals surface area contributed by atoms with E-state index < -0.39 is 24.3 Å². The summed E-state index contributed by atoms with van der Waals surface area (Å²) in [6, 6.07) is 15.2. The van der Waals surface area contributed by atoms with Crippen molar-refractivity contribution in [2.45, 2.75) is 85.5 Å². The summed E-state index contributed by atoms with van der Waals surface area (Å²) in [5, 5.41) is 5.44. The predicted molar refractivity (Wildman–Crippen MR) is 232 cm³/mol. The number of imidazole rings is 2. The fourth-order valence-corrected chi connectivity index (χ4v) is 9.68. The van der Waals surface area contributed by atoms with Gasteiger partial charge >= 0.3 is 12.2 Å². The molecule has 4 amide bonds. The van der Waals surface area contributed by atoms with Gasteiger partial charge < -0.3 is 39.9 Å². The maximum absolute atomic E-state index is 13.7. The van der Waals surface area contributed by atoms with Crippen LogP contribution < -0.4 is 10.6 Å². The summed E-state index contributed by atoms with van der Waals surface area (Å²) in [5.41, 5.74) is 7.25. The van der Waals surface area contributed by atoms with Gasteiger partial charge in [0.1, 0.15) is 28.6 Å². The predicted octanol–water partition coefficient (Wildman–Crippen LogP) is 8.24. The average Bonchev–Trinajstić information content (AvgIpc) is 4.07. The van der Waals surface area contributed by atoms with Gasteiger partial charge in [0.2, 0.25) is 11.8 Å². The molecule has 15 heteroatoms. The Morgan fingerprint density at radius 1 is 0.750 bits per heavy atom. The van der Waals surface area contributed by atoms with Crippen LogP contribution in [0.5, 0.6) is 0 Å². The lowest BCUT2D eigenvalue weighted by molar-refractivity contribution is -0.136. The molecule has 7 rings (SSSR count). The monoisotopic (exact) mass is 836 g/mol. The van der Waals surface area contributed by atoms with Gasteiger partial charge in [0.05, 0.1) is 43.7 Å². The third-order valence-electron chi connectivity index (χ3n) is 11.8. The van der Waals surface area contributed by atoms with E-state index in [2.05, 4.69) is 89.9 Å². The lowest BCUT2D eigenvalue weighted by Gasteiger charge is -2.30. The lowest BCUT2D eigenvalue weighted by atomic mass is 9.98. The van der Waals surface area contributed by atoms with E-state index >= 15 is 0 Å². The molecule has 0 aliphatic carbocycles. The van der Waals surface area contributed by atoms with Gasteiger partial charge in [-0.3, -0.25) is 9.59 Å². The summed E-state index contributed by atoms with van der Waals surface area (Å²) < 4.78 is 9.58. The second-order valence-corrected chi connectivity index (χ2v) is 18.2. The fraction of sp³-hybridized carbons (Fsp3) is 0.467. The molecular formula is C45H56N8O6S. The summed E-state index contributed by atoms with van der Waals surface area (Å²) in [4.78, 5) is 73.9. The van der Waals surface area contributed by atoms with Gasteiger partial charge in [-0.05, 0) is 77.3 Å². The van der Waals surface area contributed by atoms with Gasteiger partial charge in [-0.2, -0.15) is 0 Å². The summed E-state index contributed by atoms with van der Waals surface area (Å²) in [5.74, 6) is 1.57. The first-order valence-electron chi connectivity index (χ1n) is 20.7. The number of aromatic amines is 2. The smallest absolute Gasteiger partial charge is 0.407 e. The third-order valence-corrected chi connectivity index (χ3v) is 12.9. The molecule has 0 unspecified atom stereocenters. The number of aryl methyl sites for hydroxylation is 1. The molecule has 318 valence electrons. The minimum absolute atomic E-state index is 0.108. The molecule has 2 aromatic carbocycles. The minimum Gasteiger partial charge on any atom is -0.453 e. The minimum atomic E-state index is -0.698. The number of rotatable bonds is 11. The number of aromatic nitrogens is 4. The summed E-state index contributed by atoms with van der Waals surface area (Å²) >= 11 is 1.62. The topological polar surface area (TPSA) is 175 Å². The van der Waals surface area contributed by atoms with Crippen LogP contribution in [0.25, 0.3) is 43.2 Å². The molecule has 0 spiro atoms. The number of amides is 4. The number of carbonyl (C=O) groups excluding carboxylic acids is 4. The zero-order valence-electron chi connectivity index (χ0n) is 35.8. The molecule has 2 fully saturated rings. The van der Waals surface area contributed by atoms with Crippen molar-refractivity contribution in [1.82, 2.24) is 40.4 Å². The number of hydrogen-bond donors (Lipinski definition) is 4. The highest BCUT2D eigenvalue weighted by Crippen LogP contribution is 2.41. The van der Waals surface area contributed by atoms with Crippen molar-refractivity contribution in [3.05, 3.63) is 71.9 Å². The van der Waals surface area contributed by atoms with Crippen molar-refractivity contribution >= 4 is 45.7 Å². The van der Waals surface area contributed by atoms with Crippen molar-refractivity contribution in [2.24, 2.45) is 23.7 Å². The van der Waals surface area contributed by atoms with Crippen molar-refractivity contribution in [3.63, 3.8) is 0 Å². The Kier molecular flexibility index (Phi) is 12.4. The lowest BCUT2D eigenvalue weighted by Crippen LogP contribution is -2.51. The Labute approximate surface area is 354 Å². The number of benzene rings is 2. The van der Waals surface area contributed by atoms with Crippen molar-refractivity contribution < 1.29 is 28.7 Å². The van der Waals surface area contributed by atoms with Gasteiger partial charge in [-0.25, -0.2) is 19.6 Å². The molecule has 60 heavy (non-hydrogen) atoms. The Bertz CT molecular complexity index is 2330. The van der Waals surface area contributed by atoms with E-state index in [0.29, 0.717) is 13.1 Å². The Morgan fingerprint density at radius 2 is 1.28 bits per heavy atom. The van der Waals surface area contributed by atoms with Crippen LogP contribution in [0.2, 0.25) is 0 Å². The number of carbonyl (C=O) groups is 4. The van der Waals surface area contributed by atoms with E-state index in [1.54, 1.807) is 11.3 Å². The van der Waals surface area contributed by atoms with Gasteiger partial charge in [0.25, 0.3) is 0 Å². The Hall–Kier alpha value is -5.70. The number of nitrogens with one attached hydrogen (secondary N) is 4. The number of ether oxygens (including phenoxy) is 2. The largest absolute Gasteiger partial charge is 0.453 e. The van der Waals surface area contributed by atoms with Crippen molar-refractivity contribution in [2.75, 3.05) is 27.3 Å². The molecule has 2 saturated heterocycles.